The lowest BCUT2D eigenvalue weighted by Gasteiger charge is -2.37. The van der Waals surface area contributed by atoms with Gasteiger partial charge in [-0.05, 0) is 55.7 Å². The number of aromatic amines is 1. The van der Waals surface area contributed by atoms with Crippen LogP contribution in [0.15, 0.2) is 18.2 Å². The first-order valence-corrected chi connectivity index (χ1v) is 10.0. The van der Waals surface area contributed by atoms with E-state index in [0.717, 1.165) is 36.1 Å². The number of ether oxygens (including phenoxy) is 1. The van der Waals surface area contributed by atoms with Crippen LogP contribution in [0.3, 0.4) is 0 Å². The fourth-order valence-electron chi connectivity index (χ4n) is 4.80. The molecule has 2 fully saturated rings. The monoisotopic (exact) mass is 384 g/mol. The number of methoxy groups -OCH3 is 1. The molecule has 2 aliphatic rings. The van der Waals surface area contributed by atoms with Gasteiger partial charge in [0.25, 0.3) is 0 Å². The maximum absolute atomic E-state index is 13.5. The number of alkyl carbamates (subject to hydrolysis) is 1. The fraction of sp³-hybridized carbons (Fsp3) is 0.571. The molecule has 7 nitrogen and oxygen atoms in total. The summed E-state index contributed by atoms with van der Waals surface area (Å²) in [5.74, 6) is 1.17. The molecule has 1 aromatic carbocycles. The van der Waals surface area contributed by atoms with Crippen molar-refractivity contribution in [3.8, 4) is 0 Å². The van der Waals surface area contributed by atoms with Crippen molar-refractivity contribution in [3.05, 3.63) is 29.6 Å². The lowest BCUT2D eigenvalue weighted by Crippen LogP contribution is -2.54. The van der Waals surface area contributed by atoms with E-state index in [1.54, 1.807) is 0 Å². The van der Waals surface area contributed by atoms with E-state index in [1.807, 2.05) is 30.9 Å². The highest BCUT2D eigenvalue weighted by Crippen LogP contribution is 2.50. The molecule has 1 saturated heterocycles. The normalized spacial score (nSPS) is 24.8. The van der Waals surface area contributed by atoms with Crippen molar-refractivity contribution in [2.24, 2.45) is 11.8 Å². The van der Waals surface area contributed by atoms with Gasteiger partial charge in [-0.1, -0.05) is 19.9 Å². The van der Waals surface area contributed by atoms with Crippen molar-refractivity contribution in [2.75, 3.05) is 7.11 Å². The Hall–Kier alpha value is -2.57. The molecule has 28 heavy (non-hydrogen) atoms. The zero-order chi connectivity index (χ0) is 20.0. The maximum atomic E-state index is 13.5. The second-order valence-corrected chi connectivity index (χ2v) is 8.42. The van der Waals surface area contributed by atoms with E-state index in [0.29, 0.717) is 5.92 Å². The second kappa shape index (κ2) is 7.11. The van der Waals surface area contributed by atoms with E-state index in [-0.39, 0.29) is 23.9 Å². The van der Waals surface area contributed by atoms with Gasteiger partial charge in [-0.15, -0.1) is 0 Å². The number of amides is 2. The number of fused-ring (bicyclic) bond motifs is 3. The van der Waals surface area contributed by atoms with E-state index in [9.17, 15) is 9.59 Å². The molecule has 150 valence electrons. The molecule has 4 atom stereocenters. The van der Waals surface area contributed by atoms with Crippen LogP contribution >= 0.6 is 0 Å². The molecule has 2 amide bonds. The molecular formula is C21H28N4O3. The molecule has 4 rings (SSSR count). The topological polar surface area (TPSA) is 87.3 Å². The van der Waals surface area contributed by atoms with Crippen LogP contribution in [0.2, 0.25) is 0 Å². The van der Waals surface area contributed by atoms with Crippen LogP contribution < -0.4 is 5.32 Å². The van der Waals surface area contributed by atoms with Crippen LogP contribution in [0.1, 0.15) is 50.5 Å². The maximum Gasteiger partial charge on any atom is 0.407 e. The number of likely N-dealkylation sites (tertiary alicyclic amines) is 1. The number of carbonyl (C=O) groups is 2. The molecule has 0 unspecified atom stereocenters. The minimum absolute atomic E-state index is 0.0373. The zero-order valence-corrected chi connectivity index (χ0v) is 16.9. The number of aryl methyl sites for hydroxylation is 1. The number of rotatable bonds is 4. The first-order valence-electron chi connectivity index (χ1n) is 10.0. The summed E-state index contributed by atoms with van der Waals surface area (Å²) in [7, 11) is 1.31. The number of nitrogens with one attached hydrogen (secondary N) is 2. The lowest BCUT2D eigenvalue weighted by molar-refractivity contribution is -0.139. The predicted molar refractivity (Wildman–Crippen MR) is 106 cm³/mol. The summed E-state index contributed by atoms with van der Waals surface area (Å²) in [5, 5.41) is 2.73. The van der Waals surface area contributed by atoms with E-state index < -0.39 is 12.1 Å². The third kappa shape index (κ3) is 3.12. The Labute approximate surface area is 164 Å². The summed E-state index contributed by atoms with van der Waals surface area (Å²) < 4.78 is 4.73. The SMILES string of the molecule is COC(=O)N[C@H](C(=O)N1[C@@H]2CC[C@@H](C2)[C@H]1c1nc2ccc(C)cc2[nH]1)C(C)C. The van der Waals surface area contributed by atoms with Gasteiger partial charge in [0.2, 0.25) is 5.91 Å². The highest BCUT2D eigenvalue weighted by molar-refractivity contribution is 5.87. The number of imidazole rings is 1. The molecule has 2 bridgehead atoms. The third-order valence-electron chi connectivity index (χ3n) is 6.17. The smallest absolute Gasteiger partial charge is 0.407 e. The van der Waals surface area contributed by atoms with Crippen LogP contribution in [0, 0.1) is 18.8 Å². The Morgan fingerprint density at radius 1 is 1.32 bits per heavy atom. The van der Waals surface area contributed by atoms with Crippen LogP contribution in [-0.2, 0) is 9.53 Å². The number of nitrogens with zero attached hydrogens (tertiary/aromatic N) is 2. The molecule has 0 radical (unpaired) electrons. The number of piperidine rings is 1. The molecule has 0 spiro atoms. The summed E-state index contributed by atoms with van der Waals surface area (Å²) >= 11 is 0. The quantitative estimate of drug-likeness (QED) is 0.847. The Kier molecular flexibility index (Phi) is 4.77. The summed E-state index contributed by atoms with van der Waals surface area (Å²) in [4.78, 5) is 35.5. The molecule has 1 aliphatic carbocycles. The van der Waals surface area contributed by atoms with Gasteiger partial charge < -0.3 is 19.9 Å². The van der Waals surface area contributed by atoms with Crippen LogP contribution in [-0.4, -0.2) is 46.1 Å². The minimum Gasteiger partial charge on any atom is -0.453 e. The number of aromatic nitrogens is 2. The first-order chi connectivity index (χ1) is 13.4. The standard InChI is InChI=1S/C21H28N4O3/c1-11(2)17(24-21(27)28-4)20(26)25-14-7-6-13(10-14)18(25)19-22-15-8-5-12(3)9-16(15)23-19/h5,8-9,11,13-14,17-18H,6-7,10H2,1-4H3,(H,22,23)(H,24,27)/t13-,14+,17-,18-/m0/s1. The molecule has 2 N–H and O–H groups in total. The molecule has 2 heterocycles. The molecule has 7 heteroatoms. The van der Waals surface area contributed by atoms with E-state index in [2.05, 4.69) is 23.3 Å². The Bertz CT molecular complexity index is 906. The molecule has 1 aromatic heterocycles. The number of hydrogen-bond donors (Lipinski definition) is 2. The largest absolute Gasteiger partial charge is 0.453 e. The minimum atomic E-state index is -0.610. The molecule has 1 saturated carbocycles. The first kappa shape index (κ1) is 18.8. The predicted octanol–water partition coefficient (Wildman–Crippen LogP) is 3.30. The number of carbonyl (C=O) groups excluding carboxylic acids is 2. The van der Waals surface area contributed by atoms with Crippen LogP contribution in [0.4, 0.5) is 4.79 Å². The second-order valence-electron chi connectivity index (χ2n) is 8.42. The number of H-pyrrole nitrogens is 1. The van der Waals surface area contributed by atoms with Gasteiger partial charge in [0, 0.05) is 6.04 Å². The van der Waals surface area contributed by atoms with Gasteiger partial charge in [-0.2, -0.15) is 0 Å². The van der Waals surface area contributed by atoms with E-state index in [1.165, 1.54) is 12.7 Å². The Morgan fingerprint density at radius 2 is 2.11 bits per heavy atom. The Morgan fingerprint density at radius 3 is 2.82 bits per heavy atom. The average Bonchev–Trinajstić information content (AvgIpc) is 3.37. The Balaban J connectivity index is 1.67. The summed E-state index contributed by atoms with van der Waals surface area (Å²) in [5.41, 5.74) is 3.09. The van der Waals surface area contributed by atoms with Crippen LogP contribution in [0.5, 0.6) is 0 Å². The van der Waals surface area contributed by atoms with Crippen molar-refractivity contribution in [1.29, 1.82) is 0 Å². The van der Waals surface area contributed by atoms with Gasteiger partial charge in [0.15, 0.2) is 0 Å². The van der Waals surface area contributed by atoms with Gasteiger partial charge >= 0.3 is 6.09 Å². The molecular weight excluding hydrogens is 356 g/mol. The summed E-state index contributed by atoms with van der Waals surface area (Å²) in [6.45, 7) is 5.93. The summed E-state index contributed by atoms with van der Waals surface area (Å²) in [6, 6.07) is 5.67. The van der Waals surface area contributed by atoms with Crippen molar-refractivity contribution in [2.45, 2.75) is 58.2 Å². The highest BCUT2D eigenvalue weighted by atomic mass is 16.5. The van der Waals surface area contributed by atoms with Crippen molar-refractivity contribution < 1.29 is 14.3 Å². The van der Waals surface area contributed by atoms with Crippen molar-refractivity contribution in [1.82, 2.24) is 20.2 Å². The van der Waals surface area contributed by atoms with E-state index in [4.69, 9.17) is 9.72 Å². The van der Waals surface area contributed by atoms with Crippen molar-refractivity contribution >= 4 is 23.0 Å². The molecule has 1 aliphatic heterocycles. The van der Waals surface area contributed by atoms with E-state index >= 15 is 0 Å². The highest BCUT2D eigenvalue weighted by Gasteiger charge is 2.51. The molecule has 2 aromatic rings. The fourth-order valence-corrected chi connectivity index (χ4v) is 4.80. The van der Waals surface area contributed by atoms with Gasteiger partial charge in [-0.3, -0.25) is 4.79 Å². The lowest BCUT2D eigenvalue weighted by atomic mass is 9.95. The van der Waals surface area contributed by atoms with Crippen molar-refractivity contribution in [3.63, 3.8) is 0 Å². The van der Waals surface area contributed by atoms with Gasteiger partial charge in [-0.25, -0.2) is 9.78 Å². The third-order valence-corrected chi connectivity index (χ3v) is 6.17. The van der Waals surface area contributed by atoms with Crippen LogP contribution in [0.25, 0.3) is 11.0 Å². The van der Waals surface area contributed by atoms with Gasteiger partial charge in [0.1, 0.15) is 11.9 Å². The number of hydrogen-bond acceptors (Lipinski definition) is 4. The summed E-state index contributed by atoms with van der Waals surface area (Å²) in [6.07, 6.45) is 2.53. The van der Waals surface area contributed by atoms with Gasteiger partial charge in [0.05, 0.1) is 24.2 Å². The average molecular weight is 384 g/mol. The zero-order valence-electron chi connectivity index (χ0n) is 16.9. The number of benzene rings is 1.